The van der Waals surface area contributed by atoms with E-state index in [9.17, 15) is 13.6 Å². The predicted molar refractivity (Wildman–Crippen MR) is 67.0 cm³/mol. The second-order valence-electron chi connectivity index (χ2n) is 3.25. The van der Waals surface area contributed by atoms with Gasteiger partial charge in [-0.25, -0.2) is 13.8 Å². The molecule has 0 N–H and O–H groups in total. The van der Waals surface area contributed by atoms with Crippen LogP contribution in [0.1, 0.15) is 30.3 Å². The molecule has 1 aromatic rings. The predicted octanol–water partition coefficient (Wildman–Crippen LogP) is 2.60. The van der Waals surface area contributed by atoms with Crippen LogP contribution in [0.2, 0.25) is 0 Å². The molecule has 0 radical (unpaired) electrons. The van der Waals surface area contributed by atoms with Crippen LogP contribution in [-0.2, 0) is 16.0 Å². The molecule has 0 saturated carbocycles. The van der Waals surface area contributed by atoms with E-state index in [-0.39, 0.29) is 28.0 Å². The summed E-state index contributed by atoms with van der Waals surface area (Å²) in [5.74, 6) is -0.505. The third kappa shape index (κ3) is 3.60. The van der Waals surface area contributed by atoms with Crippen LogP contribution in [0.25, 0.3) is 0 Å². The fourth-order valence-electron chi connectivity index (χ4n) is 1.32. The Morgan fingerprint density at radius 2 is 2.33 bits per heavy atom. The standard InChI is InChI=1S/C11H9F2IN2O2/c1-2-18-9(17)4-6-3-7(14)10(11(12)13)8(5-15)16-6/h3,11H,2,4H2,1H3. The van der Waals surface area contributed by atoms with Gasteiger partial charge < -0.3 is 4.74 Å². The lowest BCUT2D eigenvalue weighted by Crippen LogP contribution is -2.11. The lowest BCUT2D eigenvalue weighted by atomic mass is 10.1. The number of hydrogen-bond acceptors (Lipinski definition) is 4. The minimum absolute atomic E-state index is 0.137. The van der Waals surface area contributed by atoms with Crippen LogP contribution >= 0.6 is 22.6 Å². The second-order valence-corrected chi connectivity index (χ2v) is 4.41. The van der Waals surface area contributed by atoms with Gasteiger partial charge in [0.25, 0.3) is 6.43 Å². The summed E-state index contributed by atoms with van der Waals surface area (Å²) in [6, 6.07) is 2.98. The van der Waals surface area contributed by atoms with Crippen LogP contribution < -0.4 is 0 Å². The van der Waals surface area contributed by atoms with Gasteiger partial charge in [-0.3, -0.25) is 4.79 Å². The number of carbonyl (C=O) groups excluding carboxylic acids is 1. The SMILES string of the molecule is CCOC(=O)Cc1cc(I)c(C(F)F)c(C#N)n1. The molecule has 0 amide bonds. The molecule has 0 aliphatic carbocycles. The smallest absolute Gasteiger partial charge is 0.311 e. The lowest BCUT2D eigenvalue weighted by Gasteiger charge is -2.08. The summed E-state index contributed by atoms with van der Waals surface area (Å²) in [6.07, 6.45) is -2.90. The zero-order valence-electron chi connectivity index (χ0n) is 9.41. The van der Waals surface area contributed by atoms with E-state index in [0.717, 1.165) is 0 Å². The maximum atomic E-state index is 12.7. The molecular weight excluding hydrogens is 357 g/mol. The van der Waals surface area contributed by atoms with Crippen LogP contribution in [0, 0.1) is 14.9 Å². The van der Waals surface area contributed by atoms with Gasteiger partial charge in [-0.05, 0) is 35.6 Å². The maximum absolute atomic E-state index is 12.7. The van der Waals surface area contributed by atoms with E-state index >= 15 is 0 Å². The highest BCUT2D eigenvalue weighted by molar-refractivity contribution is 14.1. The summed E-state index contributed by atoms with van der Waals surface area (Å²) in [5, 5.41) is 8.79. The first-order valence-electron chi connectivity index (χ1n) is 5.02. The molecule has 0 spiro atoms. The summed E-state index contributed by atoms with van der Waals surface area (Å²) >= 11 is 1.70. The molecule has 0 atom stereocenters. The Hall–Kier alpha value is -1.30. The van der Waals surface area contributed by atoms with Gasteiger partial charge in [0.1, 0.15) is 6.07 Å². The van der Waals surface area contributed by atoms with Crippen LogP contribution in [0.5, 0.6) is 0 Å². The number of aromatic nitrogens is 1. The van der Waals surface area contributed by atoms with Crippen LogP contribution in [-0.4, -0.2) is 17.6 Å². The summed E-state index contributed by atoms with van der Waals surface area (Å²) in [5.41, 5.74) is -0.499. The van der Waals surface area contributed by atoms with Gasteiger partial charge >= 0.3 is 5.97 Å². The largest absolute Gasteiger partial charge is 0.466 e. The molecule has 0 fully saturated rings. The number of rotatable bonds is 4. The van der Waals surface area contributed by atoms with Gasteiger partial charge in [0.05, 0.1) is 24.3 Å². The van der Waals surface area contributed by atoms with E-state index in [1.807, 2.05) is 0 Å². The number of hydrogen-bond donors (Lipinski definition) is 0. The third-order valence-corrected chi connectivity index (χ3v) is 2.91. The molecule has 0 saturated heterocycles. The fourth-order valence-corrected chi connectivity index (χ4v) is 2.17. The van der Waals surface area contributed by atoms with Crippen molar-refractivity contribution in [1.29, 1.82) is 5.26 Å². The van der Waals surface area contributed by atoms with E-state index in [4.69, 9.17) is 10.00 Å². The molecular formula is C11H9F2IN2O2. The highest BCUT2D eigenvalue weighted by atomic mass is 127. The normalized spacial score (nSPS) is 10.2. The minimum atomic E-state index is -2.77. The van der Waals surface area contributed by atoms with Crippen LogP contribution in [0.3, 0.4) is 0 Å². The fraction of sp³-hybridized carbons (Fsp3) is 0.364. The summed E-state index contributed by atoms with van der Waals surface area (Å²) < 4.78 is 30.3. The molecule has 0 aliphatic rings. The second kappa shape index (κ2) is 6.58. The molecule has 18 heavy (non-hydrogen) atoms. The third-order valence-electron chi connectivity index (χ3n) is 2.02. The Kier molecular flexibility index (Phi) is 5.40. The molecule has 0 aliphatic heterocycles. The topological polar surface area (TPSA) is 63.0 Å². The van der Waals surface area contributed by atoms with Crippen molar-refractivity contribution in [1.82, 2.24) is 4.98 Å². The van der Waals surface area contributed by atoms with Crippen molar-refractivity contribution in [3.8, 4) is 6.07 Å². The summed E-state index contributed by atoms with van der Waals surface area (Å²) in [4.78, 5) is 15.0. The van der Waals surface area contributed by atoms with E-state index in [1.165, 1.54) is 6.07 Å². The van der Waals surface area contributed by atoms with Crippen molar-refractivity contribution in [3.63, 3.8) is 0 Å². The van der Waals surface area contributed by atoms with E-state index in [1.54, 1.807) is 35.6 Å². The van der Waals surface area contributed by atoms with Crippen LogP contribution in [0.4, 0.5) is 8.78 Å². The van der Waals surface area contributed by atoms with Gasteiger partial charge in [-0.2, -0.15) is 5.26 Å². The maximum Gasteiger partial charge on any atom is 0.311 e. The van der Waals surface area contributed by atoms with Crippen molar-refractivity contribution < 1.29 is 18.3 Å². The van der Waals surface area contributed by atoms with Gasteiger partial charge in [-0.1, -0.05) is 0 Å². The Bertz CT molecular complexity index is 501. The van der Waals surface area contributed by atoms with Crippen molar-refractivity contribution in [2.24, 2.45) is 0 Å². The first-order chi connectivity index (χ1) is 8.49. The van der Waals surface area contributed by atoms with E-state index in [2.05, 4.69) is 4.98 Å². The average molecular weight is 366 g/mol. The number of nitrogens with zero attached hydrogens (tertiary/aromatic N) is 2. The molecule has 1 rings (SSSR count). The Morgan fingerprint density at radius 1 is 1.67 bits per heavy atom. The van der Waals surface area contributed by atoms with Crippen LogP contribution in [0.15, 0.2) is 6.07 Å². The summed E-state index contributed by atoms with van der Waals surface area (Å²) in [7, 11) is 0. The molecule has 1 heterocycles. The number of esters is 1. The van der Waals surface area contributed by atoms with Crippen molar-refractivity contribution in [2.75, 3.05) is 6.61 Å². The van der Waals surface area contributed by atoms with E-state index < -0.39 is 18.0 Å². The zero-order chi connectivity index (χ0) is 13.7. The summed E-state index contributed by atoms with van der Waals surface area (Å²) in [6.45, 7) is 1.89. The molecule has 7 heteroatoms. The molecule has 1 aromatic heterocycles. The Balaban J connectivity index is 3.08. The number of halogens is 3. The van der Waals surface area contributed by atoms with Gasteiger partial charge in [0, 0.05) is 3.57 Å². The lowest BCUT2D eigenvalue weighted by molar-refractivity contribution is -0.142. The minimum Gasteiger partial charge on any atom is -0.466 e. The Morgan fingerprint density at radius 3 is 2.83 bits per heavy atom. The van der Waals surface area contributed by atoms with Crippen molar-refractivity contribution in [2.45, 2.75) is 19.8 Å². The molecule has 0 aromatic carbocycles. The zero-order valence-corrected chi connectivity index (χ0v) is 11.6. The first-order valence-corrected chi connectivity index (χ1v) is 6.10. The number of nitriles is 1. The highest BCUT2D eigenvalue weighted by Gasteiger charge is 2.20. The average Bonchev–Trinajstić information content (AvgIpc) is 2.27. The molecule has 0 bridgehead atoms. The monoisotopic (exact) mass is 366 g/mol. The van der Waals surface area contributed by atoms with Gasteiger partial charge in [0.2, 0.25) is 0 Å². The highest BCUT2D eigenvalue weighted by Crippen LogP contribution is 2.27. The number of carbonyl (C=O) groups is 1. The molecule has 96 valence electrons. The number of ether oxygens (including phenoxy) is 1. The van der Waals surface area contributed by atoms with E-state index in [0.29, 0.717) is 0 Å². The van der Waals surface area contributed by atoms with Gasteiger partial charge in [0.15, 0.2) is 5.69 Å². The van der Waals surface area contributed by atoms with Gasteiger partial charge in [-0.15, -0.1) is 0 Å². The number of pyridine rings is 1. The Labute approximate surface area is 116 Å². The van der Waals surface area contributed by atoms with Crippen molar-refractivity contribution >= 4 is 28.6 Å². The molecule has 4 nitrogen and oxygen atoms in total. The molecule has 0 unspecified atom stereocenters. The number of alkyl halides is 2. The van der Waals surface area contributed by atoms with Crippen molar-refractivity contribution in [3.05, 3.63) is 26.6 Å². The quantitative estimate of drug-likeness (QED) is 0.607. The first kappa shape index (κ1) is 14.8.